The summed E-state index contributed by atoms with van der Waals surface area (Å²) in [6, 6.07) is 8.30. The van der Waals surface area contributed by atoms with Gasteiger partial charge in [-0.05, 0) is 62.7 Å². The molecular weight excluding hydrogens is 434 g/mol. The molecule has 2 aromatic rings. The van der Waals surface area contributed by atoms with Crippen LogP contribution in [0.25, 0.3) is 0 Å². The van der Waals surface area contributed by atoms with E-state index in [-0.39, 0.29) is 11.5 Å². The van der Waals surface area contributed by atoms with Gasteiger partial charge in [0.25, 0.3) is 11.8 Å². The fourth-order valence-corrected chi connectivity index (χ4v) is 3.58. The monoisotopic (exact) mass is 458 g/mol. The minimum atomic E-state index is -1.64. The number of nitrogens with zero attached hydrogens (tertiary/aromatic N) is 2. The number of amides is 5. The van der Waals surface area contributed by atoms with E-state index in [1.807, 2.05) is 13.8 Å². The van der Waals surface area contributed by atoms with Gasteiger partial charge in [-0.2, -0.15) is 0 Å². The van der Waals surface area contributed by atoms with Crippen molar-refractivity contribution >= 4 is 29.4 Å². The van der Waals surface area contributed by atoms with E-state index >= 15 is 0 Å². The zero-order valence-corrected chi connectivity index (χ0v) is 18.4. The molecule has 3 rings (SSSR count). The quantitative estimate of drug-likeness (QED) is 0.624. The molecular formula is C23H24F2N4O4. The molecule has 1 atom stereocenters. The SMILES string of the molecule is CCN(CC)C(=O)c1ccc(NC(=O)CN2C(=O)NC(C)(c3ccc(F)c(F)c3)C2=O)cc1. The number of hydrogen-bond donors (Lipinski definition) is 2. The van der Waals surface area contributed by atoms with Gasteiger partial charge in [-0.3, -0.25) is 19.3 Å². The molecule has 174 valence electrons. The third kappa shape index (κ3) is 4.69. The van der Waals surface area contributed by atoms with Gasteiger partial charge in [-0.1, -0.05) is 6.07 Å². The Kier molecular flexibility index (Phi) is 6.75. The molecule has 0 saturated carbocycles. The lowest BCUT2D eigenvalue weighted by molar-refractivity contribution is -0.133. The summed E-state index contributed by atoms with van der Waals surface area (Å²) in [5.41, 5.74) is -0.742. The molecule has 1 aliphatic heterocycles. The topological polar surface area (TPSA) is 98.8 Å². The molecule has 2 aromatic carbocycles. The van der Waals surface area contributed by atoms with Crippen LogP contribution in [0.2, 0.25) is 0 Å². The van der Waals surface area contributed by atoms with Crippen LogP contribution in [0.1, 0.15) is 36.7 Å². The molecule has 1 aliphatic rings. The van der Waals surface area contributed by atoms with Crippen molar-refractivity contribution in [1.29, 1.82) is 0 Å². The first-order valence-electron chi connectivity index (χ1n) is 10.4. The predicted octanol–water partition coefficient (Wildman–Crippen LogP) is 2.85. The van der Waals surface area contributed by atoms with Crippen LogP contribution in [0.4, 0.5) is 19.3 Å². The first kappa shape index (κ1) is 23.8. The van der Waals surface area contributed by atoms with Gasteiger partial charge in [0.2, 0.25) is 5.91 Å². The standard InChI is InChI=1S/C23H24F2N4O4/c1-4-28(5-2)20(31)14-6-9-16(10-7-14)26-19(30)13-29-21(32)23(3,27-22(29)33)15-8-11-17(24)18(25)12-15/h6-12H,4-5,13H2,1-3H3,(H,26,30)(H,27,33). The lowest BCUT2D eigenvalue weighted by atomic mass is 9.92. The van der Waals surface area contributed by atoms with Gasteiger partial charge in [-0.15, -0.1) is 0 Å². The maximum Gasteiger partial charge on any atom is 0.325 e. The van der Waals surface area contributed by atoms with Crippen molar-refractivity contribution in [2.75, 3.05) is 25.0 Å². The van der Waals surface area contributed by atoms with Crippen LogP contribution in [-0.4, -0.2) is 53.2 Å². The lowest BCUT2D eigenvalue weighted by Gasteiger charge is -2.22. The van der Waals surface area contributed by atoms with Crippen molar-refractivity contribution in [3.8, 4) is 0 Å². The van der Waals surface area contributed by atoms with Gasteiger partial charge in [0.1, 0.15) is 12.1 Å². The Bertz CT molecular complexity index is 1100. The average molecular weight is 458 g/mol. The Labute approximate surface area is 189 Å². The van der Waals surface area contributed by atoms with E-state index in [1.54, 1.807) is 29.2 Å². The second-order valence-corrected chi connectivity index (χ2v) is 7.68. The number of rotatable bonds is 7. The van der Waals surface area contributed by atoms with Crippen LogP contribution in [0.3, 0.4) is 0 Å². The van der Waals surface area contributed by atoms with Crippen molar-refractivity contribution in [1.82, 2.24) is 15.1 Å². The van der Waals surface area contributed by atoms with Crippen molar-refractivity contribution in [3.05, 3.63) is 65.2 Å². The zero-order valence-electron chi connectivity index (χ0n) is 18.4. The summed E-state index contributed by atoms with van der Waals surface area (Å²) in [6.45, 7) is 5.67. The number of benzene rings is 2. The van der Waals surface area contributed by atoms with Crippen LogP contribution in [0, 0.1) is 11.6 Å². The van der Waals surface area contributed by atoms with E-state index < -0.39 is 41.6 Å². The number of hydrogen-bond acceptors (Lipinski definition) is 4. The highest BCUT2D eigenvalue weighted by Crippen LogP contribution is 2.29. The van der Waals surface area contributed by atoms with Crippen molar-refractivity contribution in [2.24, 2.45) is 0 Å². The number of imide groups is 1. The summed E-state index contributed by atoms with van der Waals surface area (Å²) in [5, 5.41) is 5.00. The highest BCUT2D eigenvalue weighted by atomic mass is 19.2. The number of urea groups is 1. The smallest absolute Gasteiger partial charge is 0.325 e. The summed E-state index contributed by atoms with van der Waals surface area (Å²) in [4.78, 5) is 52.4. The number of halogens is 2. The molecule has 33 heavy (non-hydrogen) atoms. The van der Waals surface area contributed by atoms with Crippen LogP contribution in [0.5, 0.6) is 0 Å². The number of anilines is 1. The fourth-order valence-electron chi connectivity index (χ4n) is 3.58. The second kappa shape index (κ2) is 9.35. The van der Waals surface area contributed by atoms with Crippen LogP contribution in [-0.2, 0) is 15.1 Å². The summed E-state index contributed by atoms with van der Waals surface area (Å²) < 4.78 is 26.9. The van der Waals surface area contributed by atoms with Crippen molar-refractivity contribution < 1.29 is 28.0 Å². The van der Waals surface area contributed by atoms with E-state index in [2.05, 4.69) is 10.6 Å². The highest BCUT2D eigenvalue weighted by Gasteiger charge is 2.49. The van der Waals surface area contributed by atoms with Crippen LogP contribution in [0.15, 0.2) is 42.5 Å². The Hall–Kier alpha value is -3.82. The summed E-state index contributed by atoms with van der Waals surface area (Å²) >= 11 is 0. The van der Waals surface area contributed by atoms with E-state index in [9.17, 15) is 28.0 Å². The largest absolute Gasteiger partial charge is 0.339 e. The maximum absolute atomic E-state index is 13.6. The number of carbonyl (C=O) groups excluding carboxylic acids is 4. The lowest BCUT2D eigenvalue weighted by Crippen LogP contribution is -2.42. The molecule has 1 fully saturated rings. The van der Waals surface area contributed by atoms with E-state index in [1.165, 1.54) is 13.0 Å². The Morgan fingerprint density at radius 2 is 1.67 bits per heavy atom. The summed E-state index contributed by atoms with van der Waals surface area (Å²) in [5.74, 6) is -3.78. The van der Waals surface area contributed by atoms with Gasteiger partial charge in [0.15, 0.2) is 11.6 Å². The van der Waals surface area contributed by atoms with Crippen molar-refractivity contribution in [3.63, 3.8) is 0 Å². The maximum atomic E-state index is 13.6. The molecule has 0 aromatic heterocycles. The average Bonchev–Trinajstić information content (AvgIpc) is 3.00. The first-order chi connectivity index (χ1) is 15.6. The van der Waals surface area contributed by atoms with Gasteiger partial charge in [0, 0.05) is 24.3 Å². The first-order valence-corrected chi connectivity index (χ1v) is 10.4. The van der Waals surface area contributed by atoms with Gasteiger partial charge < -0.3 is 15.5 Å². The van der Waals surface area contributed by atoms with Crippen LogP contribution >= 0.6 is 0 Å². The van der Waals surface area contributed by atoms with E-state index in [0.29, 0.717) is 29.2 Å². The number of carbonyl (C=O) groups is 4. The highest BCUT2D eigenvalue weighted by molar-refractivity contribution is 6.10. The summed E-state index contributed by atoms with van der Waals surface area (Å²) in [7, 11) is 0. The third-order valence-electron chi connectivity index (χ3n) is 5.54. The molecule has 2 N–H and O–H groups in total. The van der Waals surface area contributed by atoms with E-state index in [0.717, 1.165) is 12.1 Å². The molecule has 1 unspecified atom stereocenters. The Morgan fingerprint density at radius 1 is 1.03 bits per heavy atom. The van der Waals surface area contributed by atoms with Gasteiger partial charge in [0.05, 0.1) is 0 Å². The molecule has 1 heterocycles. The summed E-state index contributed by atoms with van der Waals surface area (Å²) in [6.07, 6.45) is 0. The molecule has 5 amide bonds. The normalized spacial score (nSPS) is 17.7. The Morgan fingerprint density at radius 3 is 2.24 bits per heavy atom. The minimum absolute atomic E-state index is 0.0520. The third-order valence-corrected chi connectivity index (χ3v) is 5.54. The Balaban J connectivity index is 1.68. The predicted molar refractivity (Wildman–Crippen MR) is 116 cm³/mol. The molecule has 0 radical (unpaired) electrons. The van der Waals surface area contributed by atoms with Gasteiger partial charge in [-0.25, -0.2) is 13.6 Å². The molecule has 0 aliphatic carbocycles. The second-order valence-electron chi connectivity index (χ2n) is 7.68. The molecule has 1 saturated heterocycles. The van der Waals surface area contributed by atoms with Crippen molar-refractivity contribution in [2.45, 2.75) is 26.3 Å². The molecule has 0 spiro atoms. The van der Waals surface area contributed by atoms with Gasteiger partial charge >= 0.3 is 6.03 Å². The fraction of sp³-hybridized carbons (Fsp3) is 0.304. The minimum Gasteiger partial charge on any atom is -0.339 e. The van der Waals surface area contributed by atoms with Crippen LogP contribution < -0.4 is 10.6 Å². The molecule has 10 heteroatoms. The molecule has 8 nitrogen and oxygen atoms in total. The number of nitrogens with one attached hydrogen (secondary N) is 2. The zero-order chi connectivity index (χ0) is 24.3. The molecule has 0 bridgehead atoms. The van der Waals surface area contributed by atoms with E-state index in [4.69, 9.17) is 0 Å².